The van der Waals surface area contributed by atoms with Gasteiger partial charge in [0.25, 0.3) is 5.91 Å². The van der Waals surface area contributed by atoms with Crippen LogP contribution in [0.1, 0.15) is 16.8 Å². The molecule has 0 saturated carbocycles. The summed E-state index contributed by atoms with van der Waals surface area (Å²) in [6.45, 7) is 2.51. The lowest BCUT2D eigenvalue weighted by Gasteiger charge is -2.17. The van der Waals surface area contributed by atoms with E-state index in [1.54, 1.807) is 42.7 Å². The molecule has 0 radical (unpaired) electrons. The summed E-state index contributed by atoms with van der Waals surface area (Å²) in [5, 5.41) is 3.59. The number of aromatic nitrogens is 1. The molecule has 1 fully saturated rings. The highest BCUT2D eigenvalue weighted by Crippen LogP contribution is 2.30. The maximum Gasteiger partial charge on any atom is 0.253 e. The van der Waals surface area contributed by atoms with E-state index in [-0.39, 0.29) is 30.7 Å². The van der Waals surface area contributed by atoms with Crippen LogP contribution in [0.25, 0.3) is 0 Å². The first-order valence-electron chi connectivity index (χ1n) is 7.98. The SMILES string of the molecule is CNCC1CCN(C(=O)c2ccc(Oc3ccncc3)c(Cl)c2)C1.Cl.Cl. The number of benzene rings is 1. The van der Waals surface area contributed by atoms with Gasteiger partial charge in [0, 0.05) is 31.0 Å². The van der Waals surface area contributed by atoms with Gasteiger partial charge in [0.15, 0.2) is 0 Å². The van der Waals surface area contributed by atoms with Gasteiger partial charge in [-0.25, -0.2) is 0 Å². The summed E-state index contributed by atoms with van der Waals surface area (Å²) in [6.07, 6.45) is 4.33. The van der Waals surface area contributed by atoms with Crippen LogP contribution in [0, 0.1) is 5.92 Å². The second-order valence-corrected chi connectivity index (χ2v) is 6.30. The number of carbonyl (C=O) groups excluding carboxylic acids is 1. The van der Waals surface area contributed by atoms with Crippen LogP contribution < -0.4 is 10.1 Å². The maximum atomic E-state index is 12.6. The van der Waals surface area contributed by atoms with Crippen molar-refractivity contribution in [2.24, 2.45) is 5.92 Å². The van der Waals surface area contributed by atoms with Crippen molar-refractivity contribution in [3.63, 3.8) is 0 Å². The number of likely N-dealkylation sites (tertiary alicyclic amines) is 1. The van der Waals surface area contributed by atoms with Crippen LogP contribution in [0.2, 0.25) is 5.02 Å². The largest absolute Gasteiger partial charge is 0.456 e. The Morgan fingerprint density at radius 1 is 1.31 bits per heavy atom. The first kappa shape index (κ1) is 22.5. The van der Waals surface area contributed by atoms with E-state index >= 15 is 0 Å². The summed E-state index contributed by atoms with van der Waals surface area (Å²) in [6, 6.07) is 8.67. The lowest BCUT2D eigenvalue weighted by Crippen LogP contribution is -2.30. The van der Waals surface area contributed by atoms with E-state index in [0.29, 0.717) is 28.0 Å². The van der Waals surface area contributed by atoms with Crippen molar-refractivity contribution in [2.45, 2.75) is 6.42 Å². The number of nitrogens with one attached hydrogen (secondary N) is 1. The van der Waals surface area contributed by atoms with Crippen molar-refractivity contribution in [3.05, 3.63) is 53.3 Å². The second kappa shape index (κ2) is 10.6. The zero-order valence-electron chi connectivity index (χ0n) is 14.4. The Labute approximate surface area is 170 Å². The Kier molecular flexibility index (Phi) is 9.16. The maximum absolute atomic E-state index is 12.6. The highest BCUT2D eigenvalue weighted by molar-refractivity contribution is 6.32. The van der Waals surface area contributed by atoms with Gasteiger partial charge in [0.2, 0.25) is 0 Å². The van der Waals surface area contributed by atoms with Crippen molar-refractivity contribution in [1.82, 2.24) is 15.2 Å². The number of rotatable bonds is 5. The highest BCUT2D eigenvalue weighted by Gasteiger charge is 2.26. The third kappa shape index (κ3) is 5.48. The summed E-state index contributed by atoms with van der Waals surface area (Å²) < 4.78 is 5.71. The number of halogens is 3. The molecular weight excluding hydrogens is 397 g/mol. The molecule has 1 aliphatic rings. The van der Waals surface area contributed by atoms with Gasteiger partial charge in [0.05, 0.1) is 5.02 Å². The number of pyridine rings is 1. The van der Waals surface area contributed by atoms with Gasteiger partial charge in [-0.15, -0.1) is 24.8 Å². The molecule has 0 bridgehead atoms. The molecule has 0 spiro atoms. The number of hydrogen-bond donors (Lipinski definition) is 1. The predicted octanol–water partition coefficient (Wildman–Crippen LogP) is 4.05. The quantitative estimate of drug-likeness (QED) is 0.796. The zero-order chi connectivity index (χ0) is 16.9. The molecule has 1 aromatic heterocycles. The summed E-state index contributed by atoms with van der Waals surface area (Å²) >= 11 is 6.29. The molecule has 2 aromatic rings. The van der Waals surface area contributed by atoms with E-state index in [0.717, 1.165) is 26.1 Å². The Morgan fingerprint density at radius 3 is 2.69 bits per heavy atom. The monoisotopic (exact) mass is 417 g/mol. The van der Waals surface area contributed by atoms with Gasteiger partial charge in [-0.2, -0.15) is 0 Å². The summed E-state index contributed by atoms with van der Waals surface area (Å²) in [5.74, 6) is 1.71. The summed E-state index contributed by atoms with van der Waals surface area (Å²) in [4.78, 5) is 18.4. The molecular formula is C18H22Cl3N3O2. The van der Waals surface area contributed by atoms with Crippen LogP contribution in [0.5, 0.6) is 11.5 Å². The van der Waals surface area contributed by atoms with E-state index in [4.69, 9.17) is 16.3 Å². The van der Waals surface area contributed by atoms with Crippen molar-refractivity contribution in [1.29, 1.82) is 0 Å². The van der Waals surface area contributed by atoms with Crippen LogP contribution in [0.15, 0.2) is 42.7 Å². The minimum atomic E-state index is 0. The summed E-state index contributed by atoms with van der Waals surface area (Å²) in [7, 11) is 1.94. The second-order valence-electron chi connectivity index (χ2n) is 5.89. The van der Waals surface area contributed by atoms with Crippen LogP contribution in [0.4, 0.5) is 0 Å². The molecule has 1 atom stereocenters. The van der Waals surface area contributed by atoms with Crippen molar-refractivity contribution >= 4 is 42.3 Å². The van der Waals surface area contributed by atoms with E-state index in [1.807, 2.05) is 11.9 Å². The zero-order valence-corrected chi connectivity index (χ0v) is 16.7. The van der Waals surface area contributed by atoms with Crippen LogP contribution >= 0.6 is 36.4 Å². The van der Waals surface area contributed by atoms with E-state index < -0.39 is 0 Å². The smallest absolute Gasteiger partial charge is 0.253 e. The van der Waals surface area contributed by atoms with Gasteiger partial charge < -0.3 is 15.0 Å². The Morgan fingerprint density at radius 2 is 2.04 bits per heavy atom. The molecule has 8 heteroatoms. The Bertz CT molecular complexity index is 716. The molecule has 5 nitrogen and oxygen atoms in total. The molecule has 3 rings (SSSR count). The van der Waals surface area contributed by atoms with Crippen molar-refractivity contribution < 1.29 is 9.53 Å². The minimum Gasteiger partial charge on any atom is -0.456 e. The predicted molar refractivity (Wildman–Crippen MR) is 108 cm³/mol. The Hall–Kier alpha value is -1.53. The van der Waals surface area contributed by atoms with Gasteiger partial charge in [-0.05, 0) is 56.3 Å². The fraction of sp³-hybridized carbons (Fsp3) is 0.333. The number of amides is 1. The average Bonchev–Trinajstić information content (AvgIpc) is 3.06. The summed E-state index contributed by atoms with van der Waals surface area (Å²) in [5.41, 5.74) is 0.590. The van der Waals surface area contributed by atoms with Gasteiger partial charge in [0.1, 0.15) is 11.5 Å². The topological polar surface area (TPSA) is 54.5 Å². The van der Waals surface area contributed by atoms with Crippen LogP contribution in [0.3, 0.4) is 0 Å². The lowest BCUT2D eigenvalue weighted by atomic mass is 10.1. The van der Waals surface area contributed by atoms with E-state index in [1.165, 1.54) is 0 Å². The molecule has 2 heterocycles. The lowest BCUT2D eigenvalue weighted by molar-refractivity contribution is 0.0787. The van der Waals surface area contributed by atoms with Gasteiger partial charge in [-0.1, -0.05) is 11.6 Å². The van der Waals surface area contributed by atoms with E-state index in [9.17, 15) is 4.79 Å². The van der Waals surface area contributed by atoms with Gasteiger partial charge >= 0.3 is 0 Å². The van der Waals surface area contributed by atoms with Crippen molar-refractivity contribution in [2.75, 3.05) is 26.7 Å². The van der Waals surface area contributed by atoms with Gasteiger partial charge in [-0.3, -0.25) is 9.78 Å². The number of hydrogen-bond acceptors (Lipinski definition) is 4. The fourth-order valence-electron chi connectivity index (χ4n) is 2.90. The fourth-order valence-corrected chi connectivity index (χ4v) is 3.12. The first-order chi connectivity index (χ1) is 11.7. The number of carbonyl (C=O) groups is 1. The highest BCUT2D eigenvalue weighted by atomic mass is 35.5. The van der Waals surface area contributed by atoms with Crippen molar-refractivity contribution in [3.8, 4) is 11.5 Å². The van der Waals surface area contributed by atoms with Crippen LogP contribution in [-0.4, -0.2) is 42.5 Å². The average molecular weight is 419 g/mol. The standard InChI is InChI=1S/C18H20ClN3O2.2ClH/c1-20-11-13-6-9-22(12-13)18(23)14-2-3-17(16(19)10-14)24-15-4-7-21-8-5-15;;/h2-5,7-8,10,13,20H,6,9,11-12H2,1H3;2*1H. The molecule has 1 amide bonds. The normalized spacial score (nSPS) is 15.8. The molecule has 1 N–H and O–H groups in total. The molecule has 26 heavy (non-hydrogen) atoms. The van der Waals surface area contributed by atoms with E-state index in [2.05, 4.69) is 10.3 Å². The van der Waals surface area contributed by atoms with Crippen LogP contribution in [-0.2, 0) is 0 Å². The molecule has 142 valence electrons. The number of ether oxygens (including phenoxy) is 1. The Balaban J connectivity index is 0.00000169. The molecule has 1 aromatic carbocycles. The third-order valence-corrected chi connectivity index (χ3v) is 4.42. The minimum absolute atomic E-state index is 0. The molecule has 1 aliphatic heterocycles. The number of nitrogens with zero attached hydrogens (tertiary/aromatic N) is 2. The molecule has 0 aliphatic carbocycles. The molecule has 1 unspecified atom stereocenters. The first-order valence-corrected chi connectivity index (χ1v) is 8.36. The molecule has 1 saturated heterocycles. The third-order valence-electron chi connectivity index (χ3n) is 4.12.